The largest absolute Gasteiger partial charge is 0.377 e. The van der Waals surface area contributed by atoms with E-state index in [4.69, 9.17) is 4.74 Å². The molecule has 1 heterocycles. The van der Waals surface area contributed by atoms with Crippen LogP contribution in [0.5, 0.6) is 0 Å². The molecule has 1 saturated heterocycles. The third kappa shape index (κ3) is 2.53. The normalized spacial score (nSPS) is 26.4. The molecule has 1 saturated carbocycles. The second kappa shape index (κ2) is 4.77. The van der Waals surface area contributed by atoms with Gasteiger partial charge < -0.3 is 10.1 Å². The summed E-state index contributed by atoms with van der Waals surface area (Å²) in [5, 5.41) is 13.7. The van der Waals surface area contributed by atoms with Crippen LogP contribution in [0.3, 0.4) is 0 Å². The van der Waals surface area contributed by atoms with Gasteiger partial charge in [-0.2, -0.15) is 0 Å². The Labute approximate surface area is 109 Å². The summed E-state index contributed by atoms with van der Waals surface area (Å²) in [6, 6.07) is 3.79. The summed E-state index contributed by atoms with van der Waals surface area (Å²) in [7, 11) is 0. The Bertz CT molecular complexity index is 505. The van der Waals surface area contributed by atoms with Gasteiger partial charge in [0.05, 0.1) is 28.8 Å². The number of nitro groups is 1. The van der Waals surface area contributed by atoms with Crippen molar-refractivity contribution in [2.24, 2.45) is 5.92 Å². The molecule has 1 aromatic rings. The third-order valence-corrected chi connectivity index (χ3v) is 3.73. The van der Waals surface area contributed by atoms with Crippen LogP contribution in [0.15, 0.2) is 18.2 Å². The maximum Gasteiger partial charge on any atom is 0.272 e. The van der Waals surface area contributed by atoms with Crippen molar-refractivity contribution < 1.29 is 14.1 Å². The van der Waals surface area contributed by atoms with E-state index >= 15 is 0 Å². The average molecular weight is 266 g/mol. The minimum atomic E-state index is -0.599. The first-order valence-corrected chi connectivity index (χ1v) is 6.47. The summed E-state index contributed by atoms with van der Waals surface area (Å²) >= 11 is 0. The predicted octanol–water partition coefficient (Wildman–Crippen LogP) is 2.71. The first-order chi connectivity index (χ1) is 9.15. The highest BCUT2D eigenvalue weighted by atomic mass is 19.1. The highest BCUT2D eigenvalue weighted by Gasteiger charge is 2.40. The number of anilines is 1. The number of hydrogen-bond acceptors (Lipinski definition) is 4. The monoisotopic (exact) mass is 266 g/mol. The zero-order valence-electron chi connectivity index (χ0n) is 10.3. The van der Waals surface area contributed by atoms with Crippen LogP contribution in [0.2, 0.25) is 0 Å². The second-order valence-corrected chi connectivity index (χ2v) is 5.13. The SMILES string of the molecule is O=[N+]([O-])c1ccc(NC2CCOC2C2CC2)c(F)c1. The summed E-state index contributed by atoms with van der Waals surface area (Å²) in [4.78, 5) is 9.96. The van der Waals surface area contributed by atoms with Gasteiger partial charge in [0.25, 0.3) is 5.69 Å². The maximum atomic E-state index is 13.8. The van der Waals surface area contributed by atoms with Crippen LogP contribution in [-0.2, 0) is 4.74 Å². The summed E-state index contributed by atoms with van der Waals surface area (Å²) in [5.41, 5.74) is 0.0798. The van der Waals surface area contributed by atoms with Gasteiger partial charge in [-0.25, -0.2) is 4.39 Å². The molecule has 0 amide bonds. The minimum Gasteiger partial charge on any atom is -0.377 e. The molecule has 1 aromatic carbocycles. The molecule has 2 fully saturated rings. The minimum absolute atomic E-state index is 0.100. The molecule has 102 valence electrons. The molecule has 1 aliphatic carbocycles. The van der Waals surface area contributed by atoms with E-state index in [1.165, 1.54) is 25.0 Å². The number of nitrogens with zero attached hydrogens (tertiary/aromatic N) is 1. The van der Waals surface area contributed by atoms with Crippen molar-refractivity contribution in [3.8, 4) is 0 Å². The zero-order chi connectivity index (χ0) is 13.4. The van der Waals surface area contributed by atoms with E-state index in [2.05, 4.69) is 5.32 Å². The lowest BCUT2D eigenvalue weighted by molar-refractivity contribution is -0.385. The predicted molar refractivity (Wildman–Crippen MR) is 67.5 cm³/mol. The molecular formula is C13H15FN2O3. The molecule has 19 heavy (non-hydrogen) atoms. The van der Waals surface area contributed by atoms with Gasteiger partial charge in [-0.15, -0.1) is 0 Å². The van der Waals surface area contributed by atoms with Crippen molar-refractivity contribution in [2.45, 2.75) is 31.4 Å². The molecule has 1 N–H and O–H groups in total. The van der Waals surface area contributed by atoms with E-state index in [9.17, 15) is 14.5 Å². The van der Waals surface area contributed by atoms with Crippen LogP contribution >= 0.6 is 0 Å². The lowest BCUT2D eigenvalue weighted by Gasteiger charge is -2.20. The fourth-order valence-corrected chi connectivity index (χ4v) is 2.59. The molecule has 0 aromatic heterocycles. The molecule has 0 radical (unpaired) electrons. The molecular weight excluding hydrogens is 251 g/mol. The maximum absolute atomic E-state index is 13.8. The quantitative estimate of drug-likeness (QED) is 0.672. The fourth-order valence-electron chi connectivity index (χ4n) is 2.59. The van der Waals surface area contributed by atoms with Gasteiger partial charge in [-0.3, -0.25) is 10.1 Å². The van der Waals surface area contributed by atoms with Crippen LogP contribution in [0.25, 0.3) is 0 Å². The van der Waals surface area contributed by atoms with Gasteiger partial charge >= 0.3 is 0 Å². The van der Waals surface area contributed by atoms with Crippen LogP contribution in [0, 0.1) is 21.8 Å². The lowest BCUT2D eigenvalue weighted by atomic mass is 10.1. The van der Waals surface area contributed by atoms with Crippen LogP contribution in [-0.4, -0.2) is 23.7 Å². The van der Waals surface area contributed by atoms with E-state index in [-0.39, 0.29) is 17.8 Å². The Morgan fingerprint density at radius 3 is 2.79 bits per heavy atom. The Hall–Kier alpha value is -1.69. The van der Waals surface area contributed by atoms with Gasteiger partial charge in [-0.05, 0) is 31.2 Å². The first-order valence-electron chi connectivity index (χ1n) is 6.47. The zero-order valence-corrected chi connectivity index (χ0v) is 10.3. The average Bonchev–Trinajstić information content (AvgIpc) is 3.12. The summed E-state index contributed by atoms with van der Waals surface area (Å²) in [6.45, 7) is 0.688. The highest BCUT2D eigenvalue weighted by Crippen LogP contribution is 2.39. The number of benzene rings is 1. The number of hydrogen-bond donors (Lipinski definition) is 1. The van der Waals surface area contributed by atoms with E-state index in [0.717, 1.165) is 12.5 Å². The van der Waals surface area contributed by atoms with Gasteiger partial charge in [0.15, 0.2) is 5.82 Å². The molecule has 6 heteroatoms. The Balaban J connectivity index is 1.73. The summed E-state index contributed by atoms with van der Waals surface area (Å²) in [6.07, 6.45) is 3.34. The van der Waals surface area contributed by atoms with Gasteiger partial charge in [-0.1, -0.05) is 0 Å². The van der Waals surface area contributed by atoms with Crippen molar-refractivity contribution in [3.63, 3.8) is 0 Å². The van der Waals surface area contributed by atoms with Crippen molar-refractivity contribution in [1.82, 2.24) is 0 Å². The number of nitrogens with one attached hydrogen (secondary N) is 1. The van der Waals surface area contributed by atoms with E-state index in [1.807, 2.05) is 0 Å². The summed E-state index contributed by atoms with van der Waals surface area (Å²) < 4.78 is 19.5. The Morgan fingerprint density at radius 2 is 2.16 bits per heavy atom. The second-order valence-electron chi connectivity index (χ2n) is 5.13. The molecule has 5 nitrogen and oxygen atoms in total. The Morgan fingerprint density at radius 1 is 1.37 bits per heavy atom. The smallest absolute Gasteiger partial charge is 0.272 e. The standard InChI is InChI=1S/C13H15FN2O3/c14-10-7-9(16(17)18)3-4-11(10)15-12-5-6-19-13(12)8-1-2-8/h3-4,7-8,12-13,15H,1-2,5-6H2. The first kappa shape index (κ1) is 12.3. The number of nitro benzene ring substituents is 1. The number of non-ortho nitro benzene ring substituents is 1. The van der Waals surface area contributed by atoms with Crippen molar-refractivity contribution in [2.75, 3.05) is 11.9 Å². The summed E-state index contributed by atoms with van der Waals surface area (Å²) in [5.74, 6) is -0.00300. The molecule has 0 bridgehead atoms. The Kier molecular flexibility index (Phi) is 3.10. The van der Waals surface area contributed by atoms with Crippen molar-refractivity contribution in [1.29, 1.82) is 0 Å². The molecule has 1 aliphatic heterocycles. The van der Waals surface area contributed by atoms with Crippen molar-refractivity contribution >= 4 is 11.4 Å². The molecule has 2 atom stereocenters. The van der Waals surface area contributed by atoms with Crippen molar-refractivity contribution in [3.05, 3.63) is 34.1 Å². The fraction of sp³-hybridized carbons (Fsp3) is 0.538. The third-order valence-electron chi connectivity index (χ3n) is 3.73. The molecule has 2 aliphatic rings. The number of ether oxygens (including phenoxy) is 1. The van der Waals surface area contributed by atoms with E-state index in [1.54, 1.807) is 0 Å². The highest BCUT2D eigenvalue weighted by molar-refractivity contribution is 5.51. The number of halogens is 1. The lowest BCUT2D eigenvalue weighted by Crippen LogP contribution is -2.31. The van der Waals surface area contributed by atoms with Gasteiger partial charge in [0.1, 0.15) is 0 Å². The molecule has 3 rings (SSSR count). The molecule has 2 unspecified atom stereocenters. The van der Waals surface area contributed by atoms with Crippen LogP contribution in [0.4, 0.5) is 15.8 Å². The van der Waals surface area contributed by atoms with Crippen LogP contribution in [0.1, 0.15) is 19.3 Å². The van der Waals surface area contributed by atoms with Crippen LogP contribution < -0.4 is 5.32 Å². The van der Waals surface area contributed by atoms with E-state index in [0.29, 0.717) is 18.2 Å². The topological polar surface area (TPSA) is 64.4 Å². The molecule has 0 spiro atoms. The number of rotatable bonds is 4. The van der Waals surface area contributed by atoms with E-state index < -0.39 is 10.7 Å². The van der Waals surface area contributed by atoms with Gasteiger partial charge in [0, 0.05) is 12.7 Å². The van der Waals surface area contributed by atoms with Gasteiger partial charge in [0.2, 0.25) is 0 Å².